The van der Waals surface area contributed by atoms with E-state index in [1.165, 1.54) is 0 Å². The van der Waals surface area contributed by atoms with Gasteiger partial charge in [-0.1, -0.05) is 11.6 Å². The average molecular weight is 251 g/mol. The van der Waals surface area contributed by atoms with Gasteiger partial charge in [0.25, 0.3) is 0 Å². The van der Waals surface area contributed by atoms with Gasteiger partial charge in [-0.15, -0.1) is 0 Å². The van der Waals surface area contributed by atoms with Crippen molar-refractivity contribution in [1.82, 2.24) is 0 Å². The number of carbonyl (C=O) groups excluding carboxylic acids is 1. The first-order valence-corrected chi connectivity index (χ1v) is 5.07. The Kier molecular flexibility index (Phi) is 3.48. The molecule has 6 nitrogen and oxygen atoms in total. The lowest BCUT2D eigenvalue weighted by atomic mass is 10.3. The van der Waals surface area contributed by atoms with Gasteiger partial charge in [-0.2, -0.15) is 0 Å². The van der Waals surface area contributed by atoms with Gasteiger partial charge in [-0.3, -0.25) is 10.1 Å². The minimum Gasteiger partial charge on any atom is -0.462 e. The Hall–Kier alpha value is -1.34. The molecule has 0 unspecified atom stereocenters. The molecular formula is C7H7ClN2O4S. The number of carbonyl (C=O) groups is 1. The van der Waals surface area contributed by atoms with Crippen molar-refractivity contribution in [2.75, 3.05) is 12.3 Å². The van der Waals surface area contributed by atoms with Crippen LogP contribution in [0.5, 0.6) is 0 Å². The van der Waals surface area contributed by atoms with Crippen molar-refractivity contribution in [2.45, 2.75) is 6.92 Å². The van der Waals surface area contributed by atoms with Crippen molar-refractivity contribution in [3.05, 3.63) is 20.7 Å². The lowest BCUT2D eigenvalue weighted by molar-refractivity contribution is -0.380. The van der Waals surface area contributed by atoms with Gasteiger partial charge in [0.15, 0.2) is 0 Å². The third-order valence-electron chi connectivity index (χ3n) is 1.51. The number of nitrogens with zero attached hydrogens (tertiary/aromatic N) is 1. The largest absolute Gasteiger partial charge is 0.462 e. The third-order valence-corrected chi connectivity index (χ3v) is 2.96. The Balaban J connectivity index is 3.19. The van der Waals surface area contributed by atoms with Crippen LogP contribution in [0.15, 0.2) is 0 Å². The molecule has 0 aliphatic rings. The molecule has 1 rings (SSSR count). The average Bonchev–Trinajstić information content (AvgIpc) is 2.42. The number of ether oxygens (including phenoxy) is 1. The second kappa shape index (κ2) is 4.45. The Labute approximate surface area is 93.7 Å². The maximum atomic E-state index is 11.3. The highest BCUT2D eigenvalue weighted by Gasteiger charge is 2.28. The molecule has 1 aromatic rings. The van der Waals surface area contributed by atoms with E-state index in [1.807, 2.05) is 0 Å². The van der Waals surface area contributed by atoms with E-state index in [4.69, 9.17) is 17.3 Å². The summed E-state index contributed by atoms with van der Waals surface area (Å²) in [5, 5.41) is 9.87. The molecule has 0 aliphatic heterocycles. The molecule has 2 N–H and O–H groups in total. The van der Waals surface area contributed by atoms with E-state index in [9.17, 15) is 14.9 Å². The Morgan fingerprint density at radius 2 is 2.33 bits per heavy atom. The maximum Gasteiger partial charge on any atom is 0.345 e. The molecule has 1 heterocycles. The van der Waals surface area contributed by atoms with E-state index in [1.54, 1.807) is 6.92 Å². The summed E-state index contributed by atoms with van der Waals surface area (Å²) in [6.07, 6.45) is 0. The van der Waals surface area contributed by atoms with Gasteiger partial charge in [0, 0.05) is 0 Å². The number of halogens is 1. The second-order valence-electron chi connectivity index (χ2n) is 2.44. The van der Waals surface area contributed by atoms with Gasteiger partial charge in [0.2, 0.25) is 0 Å². The number of thiophene rings is 1. The van der Waals surface area contributed by atoms with Crippen LogP contribution in [0, 0.1) is 10.1 Å². The number of esters is 1. The first-order valence-electron chi connectivity index (χ1n) is 3.88. The summed E-state index contributed by atoms with van der Waals surface area (Å²) in [6.45, 7) is 1.76. The number of anilines is 1. The predicted octanol–water partition coefficient (Wildman–Crippen LogP) is 2.07. The van der Waals surface area contributed by atoms with E-state index in [0.29, 0.717) is 11.3 Å². The van der Waals surface area contributed by atoms with Gasteiger partial charge in [-0.05, 0) is 18.3 Å². The van der Waals surface area contributed by atoms with E-state index < -0.39 is 10.9 Å². The van der Waals surface area contributed by atoms with Crippen molar-refractivity contribution < 1.29 is 14.5 Å². The van der Waals surface area contributed by atoms with E-state index in [-0.39, 0.29) is 27.2 Å². The molecular weight excluding hydrogens is 244 g/mol. The standard InChI is InChI=1S/C7H7ClN2O4S/c1-2-14-7(11)3-4(8)6(10(12)13)15-5(3)9/h2,9H2,1H3. The summed E-state index contributed by atoms with van der Waals surface area (Å²) in [6, 6.07) is 0. The molecule has 0 radical (unpaired) electrons. The molecule has 0 aromatic carbocycles. The lowest BCUT2D eigenvalue weighted by Gasteiger charge is -1.99. The molecule has 0 amide bonds. The molecule has 0 saturated heterocycles. The van der Waals surface area contributed by atoms with Crippen molar-refractivity contribution >= 4 is 38.9 Å². The van der Waals surface area contributed by atoms with Crippen LogP contribution in [0.4, 0.5) is 10.0 Å². The van der Waals surface area contributed by atoms with Gasteiger partial charge in [0.1, 0.15) is 15.6 Å². The summed E-state index contributed by atoms with van der Waals surface area (Å²) in [7, 11) is 0. The third kappa shape index (κ3) is 2.18. The minimum atomic E-state index is -0.746. The smallest absolute Gasteiger partial charge is 0.345 e. The number of nitro groups is 1. The summed E-state index contributed by atoms with van der Waals surface area (Å²) in [5.74, 6) is -0.746. The molecule has 8 heteroatoms. The van der Waals surface area contributed by atoms with Crippen LogP contribution in [0.25, 0.3) is 0 Å². The van der Waals surface area contributed by atoms with Gasteiger partial charge in [0.05, 0.1) is 11.5 Å². The monoisotopic (exact) mass is 250 g/mol. The summed E-state index contributed by atoms with van der Waals surface area (Å²) < 4.78 is 4.66. The second-order valence-corrected chi connectivity index (χ2v) is 3.85. The SMILES string of the molecule is CCOC(=O)c1c(N)sc([N+](=O)[O-])c1Cl. The van der Waals surface area contributed by atoms with Crippen molar-refractivity contribution in [3.63, 3.8) is 0 Å². The normalized spacial score (nSPS) is 10.0. The zero-order valence-corrected chi connectivity index (χ0v) is 9.22. The van der Waals surface area contributed by atoms with E-state index in [2.05, 4.69) is 4.74 Å². The molecule has 82 valence electrons. The van der Waals surface area contributed by atoms with Gasteiger partial charge < -0.3 is 10.5 Å². The highest BCUT2D eigenvalue weighted by molar-refractivity contribution is 7.20. The summed E-state index contributed by atoms with van der Waals surface area (Å²) in [5.41, 5.74) is 5.31. The van der Waals surface area contributed by atoms with Crippen molar-refractivity contribution in [1.29, 1.82) is 0 Å². The van der Waals surface area contributed by atoms with Crippen LogP contribution in [0.1, 0.15) is 17.3 Å². The minimum absolute atomic E-state index is 0.00912. The molecule has 0 saturated carbocycles. The van der Waals surface area contributed by atoms with Crippen molar-refractivity contribution in [3.8, 4) is 0 Å². The Morgan fingerprint density at radius 3 is 2.73 bits per heavy atom. The Morgan fingerprint density at radius 1 is 1.73 bits per heavy atom. The number of nitrogen functional groups attached to an aromatic ring is 1. The predicted molar refractivity (Wildman–Crippen MR) is 56.4 cm³/mol. The van der Waals surface area contributed by atoms with Crippen LogP contribution in [-0.4, -0.2) is 17.5 Å². The number of hydrogen-bond donors (Lipinski definition) is 1. The maximum absolute atomic E-state index is 11.3. The molecule has 15 heavy (non-hydrogen) atoms. The summed E-state index contributed by atoms with van der Waals surface area (Å²) >= 11 is 6.29. The zero-order valence-electron chi connectivity index (χ0n) is 7.65. The summed E-state index contributed by atoms with van der Waals surface area (Å²) in [4.78, 5) is 21.1. The fourth-order valence-corrected chi connectivity index (χ4v) is 2.11. The van der Waals surface area contributed by atoms with Crippen LogP contribution in [0.2, 0.25) is 5.02 Å². The number of nitrogens with two attached hydrogens (primary N) is 1. The Bertz CT molecular complexity index is 417. The van der Waals surface area contributed by atoms with Gasteiger partial charge in [-0.25, -0.2) is 4.79 Å². The van der Waals surface area contributed by atoms with E-state index >= 15 is 0 Å². The van der Waals surface area contributed by atoms with E-state index in [0.717, 1.165) is 0 Å². The first kappa shape index (κ1) is 11.7. The van der Waals surface area contributed by atoms with Crippen molar-refractivity contribution in [2.24, 2.45) is 0 Å². The zero-order chi connectivity index (χ0) is 11.6. The highest BCUT2D eigenvalue weighted by Crippen LogP contribution is 2.41. The molecule has 0 fully saturated rings. The quantitative estimate of drug-likeness (QED) is 0.503. The van der Waals surface area contributed by atoms with Gasteiger partial charge >= 0.3 is 11.0 Å². The van der Waals surface area contributed by atoms with Crippen LogP contribution in [-0.2, 0) is 4.74 Å². The fourth-order valence-electron chi connectivity index (χ4n) is 0.926. The topological polar surface area (TPSA) is 95.5 Å². The van der Waals surface area contributed by atoms with Crippen LogP contribution >= 0.6 is 22.9 Å². The molecule has 0 atom stereocenters. The first-order chi connectivity index (χ1) is 6.99. The van der Waals surface area contributed by atoms with Crippen LogP contribution < -0.4 is 5.73 Å². The fraction of sp³-hybridized carbons (Fsp3) is 0.286. The number of hydrogen-bond acceptors (Lipinski definition) is 6. The highest BCUT2D eigenvalue weighted by atomic mass is 35.5. The lowest BCUT2D eigenvalue weighted by Crippen LogP contribution is -2.06. The molecule has 0 bridgehead atoms. The molecule has 0 spiro atoms. The molecule has 1 aromatic heterocycles. The number of rotatable bonds is 3. The van der Waals surface area contributed by atoms with Crippen LogP contribution in [0.3, 0.4) is 0 Å². The molecule has 0 aliphatic carbocycles.